The van der Waals surface area contributed by atoms with Crippen LogP contribution in [0.15, 0.2) is 0 Å². The largest absolute Gasteiger partial charge is 0 e. The quantitative estimate of drug-likeness (QED) is 0.384. The molecule has 0 aromatic rings. The van der Waals surface area contributed by atoms with Crippen molar-refractivity contribution in [2.75, 3.05) is 0 Å². The van der Waals surface area contributed by atoms with E-state index in [-0.39, 0.29) is 110 Å². The van der Waals surface area contributed by atoms with Gasteiger partial charge in [0.25, 0.3) is 0 Å². The Bertz CT molecular complexity index is 8.00. The van der Waals surface area contributed by atoms with E-state index in [2.05, 4.69) is 0 Å². The van der Waals surface area contributed by atoms with Crippen molar-refractivity contribution < 1.29 is 85.8 Å². The molecule has 0 aromatic heterocycles. The van der Waals surface area contributed by atoms with Gasteiger partial charge in [0.2, 0.25) is 0 Å². The molecule has 0 spiro atoms. The van der Waals surface area contributed by atoms with Gasteiger partial charge < -0.3 is 0 Å². The van der Waals surface area contributed by atoms with Gasteiger partial charge >= 0.3 is 24.4 Å². The van der Waals surface area contributed by atoms with Gasteiger partial charge in [-0.15, -0.1) is 0 Å². The molecule has 0 bridgehead atoms. The first-order valence-electron chi connectivity index (χ1n) is 0. The minimum absolute atomic E-state index is 0. The van der Waals surface area contributed by atoms with E-state index in [1.165, 1.54) is 0 Å². The predicted molar refractivity (Wildman–Crippen MR) is 8.54 cm³/mol. The van der Waals surface area contributed by atoms with Crippen LogP contribution in [0.25, 0.3) is 0 Å². The second-order valence-electron chi connectivity index (χ2n) is 0. The van der Waals surface area contributed by atoms with E-state index >= 15 is 0 Å². The molecule has 0 heterocycles. The molecule has 0 rings (SSSR count). The van der Waals surface area contributed by atoms with Crippen molar-refractivity contribution >= 4 is 24.4 Å². The summed E-state index contributed by atoms with van der Waals surface area (Å²) in [5, 5.41) is 0. The van der Waals surface area contributed by atoms with Crippen molar-refractivity contribution in [3.63, 3.8) is 0 Å². The fraction of sp³-hybridized carbons (Fsp3) is 0. The van der Waals surface area contributed by atoms with E-state index in [0.717, 1.165) is 0 Å². The van der Waals surface area contributed by atoms with Crippen molar-refractivity contribution in [1.82, 2.24) is 0 Å². The van der Waals surface area contributed by atoms with Crippen molar-refractivity contribution in [2.24, 2.45) is 0 Å². The molecular formula is H2CeSbTaTi. The molecule has 2 radical (unpaired) electrons. The maximum Gasteiger partial charge on any atom is 0 e. The van der Waals surface area contributed by atoms with E-state index < -0.39 is 0 Å². The van der Waals surface area contributed by atoms with E-state index in [0.29, 0.717) is 0 Å². The summed E-state index contributed by atoms with van der Waals surface area (Å²) < 4.78 is 0. The summed E-state index contributed by atoms with van der Waals surface area (Å²) in [7, 11) is 0. The molecule has 0 atom stereocenters. The SMILES string of the molecule is [Ce].[SbH2].[Ta].[Ti]. The van der Waals surface area contributed by atoms with Gasteiger partial charge in [-0.25, -0.2) is 0 Å². The van der Waals surface area contributed by atoms with Gasteiger partial charge in [-0.1, -0.05) is 0 Å². The molecule has 0 unspecified atom stereocenters. The number of rotatable bonds is 0. The Kier molecular flexibility index (Phi) is 101. The fourth-order valence-corrected chi connectivity index (χ4v) is 0. The molecule has 20 valence electrons. The Morgan fingerprint density at radius 1 is 1.00 bits per heavy atom. The van der Waals surface area contributed by atoms with Gasteiger partial charge in [0.05, 0.1) is 0 Å². The molecule has 0 aliphatic heterocycles. The van der Waals surface area contributed by atoms with E-state index in [9.17, 15) is 0 Å². The minimum atomic E-state index is 0. The fourth-order valence-electron chi connectivity index (χ4n) is 0. The van der Waals surface area contributed by atoms with Crippen LogP contribution in [-0.4, -0.2) is 24.4 Å². The molecule has 0 nitrogen and oxygen atoms in total. The normalized spacial score (nSPS) is 0. The Labute approximate surface area is 107 Å². The Hall–Kier alpha value is 3.65. The van der Waals surface area contributed by atoms with E-state index in [1.54, 1.807) is 0 Å². The molecule has 0 fully saturated rings. The summed E-state index contributed by atoms with van der Waals surface area (Å²) in [5.41, 5.74) is 0. The van der Waals surface area contributed by atoms with Crippen LogP contribution in [-0.2, 0) is 44.1 Å². The average Bonchev–Trinajstić information content (AvgIpc) is 0. The molecule has 4 heteroatoms. The zero-order chi connectivity index (χ0) is 0. The zero-order valence-electron chi connectivity index (χ0n) is 2.02. The number of hydrogen-bond acceptors (Lipinski definition) is 0. The van der Waals surface area contributed by atoms with Crippen LogP contribution in [0.1, 0.15) is 0 Å². The Morgan fingerprint density at radius 3 is 1.00 bits per heavy atom. The van der Waals surface area contributed by atoms with Gasteiger partial charge in [-0.2, -0.15) is 0 Å². The summed E-state index contributed by atoms with van der Waals surface area (Å²) in [6.07, 6.45) is 0. The van der Waals surface area contributed by atoms with Crippen LogP contribution >= 0.6 is 0 Å². The molecule has 0 aliphatic carbocycles. The van der Waals surface area contributed by atoms with Crippen molar-refractivity contribution in [2.45, 2.75) is 0 Å². The topological polar surface area (TPSA) is 0 Å². The first-order chi connectivity index (χ1) is 0. The molecule has 0 amide bonds. The van der Waals surface area contributed by atoms with Crippen molar-refractivity contribution in [1.29, 1.82) is 0 Å². The van der Waals surface area contributed by atoms with E-state index in [1.807, 2.05) is 0 Å². The monoisotopic (exact) mass is 492 g/mol. The van der Waals surface area contributed by atoms with Crippen LogP contribution in [0.4, 0.5) is 0 Å². The summed E-state index contributed by atoms with van der Waals surface area (Å²) in [6, 6.07) is 0. The average molecular weight is 493 g/mol. The first kappa shape index (κ1) is 25.4. The summed E-state index contributed by atoms with van der Waals surface area (Å²) in [6.45, 7) is 0. The maximum absolute atomic E-state index is 0. The predicted octanol–water partition coefficient (Wildman–Crippen LogP) is -0.921. The zero-order valence-corrected chi connectivity index (χ0v) is 13.2. The molecule has 0 aromatic carbocycles. The van der Waals surface area contributed by atoms with Gasteiger partial charge in [0.1, 0.15) is 0 Å². The van der Waals surface area contributed by atoms with Crippen molar-refractivity contribution in [3.05, 3.63) is 0 Å². The second kappa shape index (κ2) is 15.9. The third kappa shape index (κ3) is 9.17. The van der Waals surface area contributed by atoms with Crippen LogP contribution < -0.4 is 0 Å². The standard InChI is InChI=1S/Ce.Sb.Ta.Ti.2H. The molecule has 0 saturated heterocycles. The van der Waals surface area contributed by atoms with Gasteiger partial charge in [-0.3, -0.25) is 0 Å². The van der Waals surface area contributed by atoms with Crippen LogP contribution in [0.2, 0.25) is 0 Å². The van der Waals surface area contributed by atoms with E-state index in [4.69, 9.17) is 0 Å². The van der Waals surface area contributed by atoms with Gasteiger partial charge in [0, 0.05) is 85.8 Å². The molecule has 0 aliphatic rings. The van der Waals surface area contributed by atoms with Crippen molar-refractivity contribution in [3.8, 4) is 0 Å². The molecule has 0 N–H and O–H groups in total. The van der Waals surface area contributed by atoms with Gasteiger partial charge in [0.15, 0.2) is 0 Å². The smallest absolute Gasteiger partial charge is 0 e. The van der Waals surface area contributed by atoms with Crippen LogP contribution in [0, 0.1) is 41.7 Å². The Balaban J connectivity index is 0. The summed E-state index contributed by atoms with van der Waals surface area (Å²) in [4.78, 5) is 0. The molecule has 4 heavy (non-hydrogen) atoms. The summed E-state index contributed by atoms with van der Waals surface area (Å²) >= 11 is 0. The third-order valence-electron chi connectivity index (χ3n) is 0. The van der Waals surface area contributed by atoms with Gasteiger partial charge in [-0.05, 0) is 0 Å². The maximum atomic E-state index is 0. The second-order valence-corrected chi connectivity index (χ2v) is 0. The molecule has 0 saturated carbocycles. The summed E-state index contributed by atoms with van der Waals surface area (Å²) in [5.74, 6) is 0. The molecular weight excluding hydrogens is 491 g/mol. The van der Waals surface area contributed by atoms with Crippen LogP contribution in [0.3, 0.4) is 0 Å². The Morgan fingerprint density at radius 2 is 1.00 bits per heavy atom. The number of hydrogen-bond donors (Lipinski definition) is 0. The first-order valence-corrected chi connectivity index (χ1v) is 0. The third-order valence-corrected chi connectivity index (χ3v) is 0. The van der Waals surface area contributed by atoms with Crippen LogP contribution in [0.5, 0.6) is 0 Å². The minimum Gasteiger partial charge on any atom is 0 e.